The number of carbonyl (C=O) groups excluding carboxylic acids is 2. The molecule has 1 aromatic rings. The number of carboxylic acids is 1. The second-order valence-electron chi connectivity index (χ2n) is 4.06. The molecule has 0 atom stereocenters. The van der Waals surface area contributed by atoms with Crippen LogP contribution >= 0.6 is 0 Å². The molecule has 1 aromatic carbocycles. The van der Waals surface area contributed by atoms with Gasteiger partial charge in [0.2, 0.25) is 0 Å². The molecule has 0 saturated heterocycles. The van der Waals surface area contributed by atoms with E-state index in [9.17, 15) is 14.4 Å². The van der Waals surface area contributed by atoms with Gasteiger partial charge in [0.1, 0.15) is 12.4 Å². The van der Waals surface area contributed by atoms with Crippen molar-refractivity contribution < 1.29 is 29.0 Å². The molecule has 21 heavy (non-hydrogen) atoms. The first-order valence-corrected chi connectivity index (χ1v) is 5.93. The SMILES string of the molecule is C=C(C)C(=O)OCc1ccccc1OC(=O)/C=C\C(=O)O. The molecule has 1 N–H and O–H groups in total. The Hall–Kier alpha value is -2.89. The predicted octanol–water partition coefficient (Wildman–Crippen LogP) is 1.85. The van der Waals surface area contributed by atoms with Gasteiger partial charge in [-0.15, -0.1) is 0 Å². The van der Waals surface area contributed by atoms with E-state index < -0.39 is 17.9 Å². The van der Waals surface area contributed by atoms with E-state index in [1.165, 1.54) is 13.0 Å². The van der Waals surface area contributed by atoms with Crippen LogP contribution in [0.1, 0.15) is 12.5 Å². The van der Waals surface area contributed by atoms with Crippen molar-refractivity contribution in [2.24, 2.45) is 0 Å². The van der Waals surface area contributed by atoms with Crippen LogP contribution in [-0.2, 0) is 25.7 Å². The third kappa shape index (κ3) is 5.73. The molecule has 6 heteroatoms. The number of ether oxygens (including phenoxy) is 2. The Bertz CT molecular complexity index is 600. The van der Waals surface area contributed by atoms with Crippen LogP contribution in [0.5, 0.6) is 5.75 Å². The monoisotopic (exact) mass is 290 g/mol. The highest BCUT2D eigenvalue weighted by Gasteiger charge is 2.10. The van der Waals surface area contributed by atoms with Crippen LogP contribution in [0.3, 0.4) is 0 Å². The summed E-state index contributed by atoms with van der Waals surface area (Å²) in [5, 5.41) is 8.42. The van der Waals surface area contributed by atoms with Crippen LogP contribution in [0.2, 0.25) is 0 Å². The van der Waals surface area contributed by atoms with Crippen LogP contribution in [0.4, 0.5) is 0 Å². The van der Waals surface area contributed by atoms with Gasteiger partial charge in [-0.3, -0.25) is 0 Å². The van der Waals surface area contributed by atoms with E-state index in [0.29, 0.717) is 11.6 Å². The highest BCUT2D eigenvalue weighted by atomic mass is 16.5. The van der Waals surface area contributed by atoms with Gasteiger partial charge in [0.15, 0.2) is 0 Å². The Morgan fingerprint density at radius 2 is 1.90 bits per heavy atom. The van der Waals surface area contributed by atoms with Gasteiger partial charge in [-0.2, -0.15) is 0 Å². The van der Waals surface area contributed by atoms with E-state index in [-0.39, 0.29) is 17.9 Å². The molecule has 0 aromatic heterocycles. The fourth-order valence-electron chi connectivity index (χ4n) is 1.27. The Balaban J connectivity index is 2.75. The molecule has 0 aliphatic heterocycles. The number of hydrogen-bond acceptors (Lipinski definition) is 5. The fraction of sp³-hybridized carbons (Fsp3) is 0.133. The highest BCUT2D eigenvalue weighted by molar-refractivity contribution is 5.91. The maximum atomic E-state index is 11.4. The zero-order valence-electron chi connectivity index (χ0n) is 11.4. The van der Waals surface area contributed by atoms with Gasteiger partial charge in [0.05, 0.1) is 0 Å². The van der Waals surface area contributed by atoms with E-state index >= 15 is 0 Å². The van der Waals surface area contributed by atoms with Crippen molar-refractivity contribution in [1.29, 1.82) is 0 Å². The first-order chi connectivity index (χ1) is 9.90. The minimum absolute atomic E-state index is 0.0855. The number of benzene rings is 1. The molecule has 0 spiro atoms. The standard InChI is InChI=1S/C15H14O6/c1-10(2)15(19)20-9-11-5-3-4-6-12(11)21-14(18)8-7-13(16)17/h3-8H,1,9H2,2H3,(H,16,17)/b8-7-. The van der Waals surface area contributed by atoms with Crippen molar-refractivity contribution in [2.75, 3.05) is 0 Å². The largest absolute Gasteiger partial charge is 0.478 e. The summed E-state index contributed by atoms with van der Waals surface area (Å²) in [4.78, 5) is 33.0. The van der Waals surface area contributed by atoms with E-state index in [1.807, 2.05) is 0 Å². The normalized spacial score (nSPS) is 10.1. The van der Waals surface area contributed by atoms with Crippen LogP contribution < -0.4 is 4.74 Å². The highest BCUT2D eigenvalue weighted by Crippen LogP contribution is 2.19. The lowest BCUT2D eigenvalue weighted by Crippen LogP contribution is -2.09. The van der Waals surface area contributed by atoms with Crippen molar-refractivity contribution in [3.63, 3.8) is 0 Å². The second kappa shape index (κ2) is 7.64. The molecule has 0 unspecified atom stereocenters. The zero-order chi connectivity index (χ0) is 15.8. The minimum Gasteiger partial charge on any atom is -0.478 e. The predicted molar refractivity (Wildman–Crippen MR) is 73.5 cm³/mol. The second-order valence-corrected chi connectivity index (χ2v) is 4.06. The summed E-state index contributed by atoms with van der Waals surface area (Å²) in [7, 11) is 0. The maximum absolute atomic E-state index is 11.4. The van der Waals surface area contributed by atoms with Gasteiger partial charge in [-0.05, 0) is 13.0 Å². The Kier molecular flexibility index (Phi) is 5.88. The average molecular weight is 290 g/mol. The first-order valence-electron chi connectivity index (χ1n) is 5.93. The van der Waals surface area contributed by atoms with Crippen molar-refractivity contribution in [3.05, 3.63) is 54.1 Å². The van der Waals surface area contributed by atoms with Crippen LogP contribution in [-0.4, -0.2) is 23.0 Å². The number of aliphatic carboxylic acids is 1. The molecular weight excluding hydrogens is 276 g/mol. The number of carboxylic acid groups (broad SMARTS) is 1. The Labute approximate surface area is 121 Å². The lowest BCUT2D eigenvalue weighted by molar-refractivity contribution is -0.140. The summed E-state index contributed by atoms with van der Waals surface area (Å²) < 4.78 is 9.95. The lowest BCUT2D eigenvalue weighted by Gasteiger charge is -2.09. The Morgan fingerprint density at radius 3 is 2.52 bits per heavy atom. The van der Waals surface area contributed by atoms with Crippen LogP contribution in [0.15, 0.2) is 48.6 Å². The smallest absolute Gasteiger partial charge is 0.336 e. The van der Waals surface area contributed by atoms with Gasteiger partial charge in [0, 0.05) is 23.3 Å². The molecule has 0 aliphatic rings. The quantitative estimate of drug-likeness (QED) is 0.488. The first kappa shape index (κ1) is 16.2. The Morgan fingerprint density at radius 1 is 1.24 bits per heavy atom. The third-order valence-corrected chi connectivity index (χ3v) is 2.25. The topological polar surface area (TPSA) is 89.9 Å². The van der Waals surface area contributed by atoms with Crippen molar-refractivity contribution in [1.82, 2.24) is 0 Å². The minimum atomic E-state index is -1.25. The van der Waals surface area contributed by atoms with Gasteiger partial charge < -0.3 is 14.6 Å². The van der Waals surface area contributed by atoms with Crippen LogP contribution in [0.25, 0.3) is 0 Å². The summed E-state index contributed by atoms with van der Waals surface area (Å²) in [6, 6.07) is 6.45. The molecule has 0 heterocycles. The molecule has 0 bridgehead atoms. The van der Waals surface area contributed by atoms with Gasteiger partial charge >= 0.3 is 17.9 Å². The van der Waals surface area contributed by atoms with E-state index in [2.05, 4.69) is 6.58 Å². The molecule has 0 aliphatic carbocycles. The molecule has 0 saturated carbocycles. The van der Waals surface area contributed by atoms with E-state index in [1.54, 1.807) is 18.2 Å². The molecule has 6 nitrogen and oxygen atoms in total. The molecular formula is C15H14O6. The van der Waals surface area contributed by atoms with Crippen molar-refractivity contribution in [3.8, 4) is 5.75 Å². The molecule has 0 fully saturated rings. The van der Waals surface area contributed by atoms with Gasteiger partial charge in [-0.25, -0.2) is 14.4 Å². The fourth-order valence-corrected chi connectivity index (χ4v) is 1.27. The van der Waals surface area contributed by atoms with Crippen molar-refractivity contribution >= 4 is 17.9 Å². The van der Waals surface area contributed by atoms with E-state index in [0.717, 1.165) is 6.08 Å². The van der Waals surface area contributed by atoms with Gasteiger partial charge in [-0.1, -0.05) is 24.8 Å². The molecule has 0 amide bonds. The summed E-state index contributed by atoms with van der Waals surface area (Å²) in [5.41, 5.74) is 0.734. The number of hydrogen-bond donors (Lipinski definition) is 1. The average Bonchev–Trinajstić information content (AvgIpc) is 2.43. The number of para-hydroxylation sites is 1. The zero-order valence-corrected chi connectivity index (χ0v) is 11.4. The van der Waals surface area contributed by atoms with E-state index in [4.69, 9.17) is 14.6 Å². The molecule has 110 valence electrons. The number of carbonyl (C=O) groups is 3. The van der Waals surface area contributed by atoms with Crippen molar-refractivity contribution in [2.45, 2.75) is 13.5 Å². The van der Waals surface area contributed by atoms with Crippen LogP contribution in [0, 0.1) is 0 Å². The van der Waals surface area contributed by atoms with Gasteiger partial charge in [0.25, 0.3) is 0 Å². The number of rotatable bonds is 6. The summed E-state index contributed by atoms with van der Waals surface area (Å²) in [5.74, 6) is -2.46. The third-order valence-electron chi connectivity index (χ3n) is 2.25. The number of esters is 2. The molecule has 0 radical (unpaired) electrons. The molecule has 1 rings (SSSR count). The summed E-state index contributed by atoms with van der Waals surface area (Å²) in [6.07, 6.45) is 1.46. The summed E-state index contributed by atoms with van der Waals surface area (Å²) >= 11 is 0. The maximum Gasteiger partial charge on any atom is 0.336 e. The lowest BCUT2D eigenvalue weighted by atomic mass is 10.2. The summed E-state index contributed by atoms with van der Waals surface area (Å²) in [6.45, 7) is 4.89.